The third-order valence-corrected chi connectivity index (χ3v) is 4.02. The maximum absolute atomic E-state index is 11.8. The standard InChI is InChI=1S/C15H20N6O/c1-4-11-12(5-2)17-18-15(16-11)21-7-6-13-10(9-21)8-14(22)20(3)19-13/h8H,4-7,9H2,1-3H3. The van der Waals surface area contributed by atoms with Crippen LogP contribution < -0.4 is 10.5 Å². The van der Waals surface area contributed by atoms with Crippen molar-refractivity contribution in [1.82, 2.24) is 25.0 Å². The molecule has 0 aliphatic carbocycles. The van der Waals surface area contributed by atoms with E-state index in [1.165, 1.54) is 4.68 Å². The predicted octanol–water partition coefficient (Wildman–Crippen LogP) is 0.653. The first-order valence-electron chi connectivity index (χ1n) is 7.65. The Labute approximate surface area is 129 Å². The van der Waals surface area contributed by atoms with Crippen molar-refractivity contribution in [2.24, 2.45) is 7.05 Å². The van der Waals surface area contributed by atoms with E-state index in [9.17, 15) is 4.79 Å². The molecule has 0 saturated heterocycles. The largest absolute Gasteiger partial charge is 0.335 e. The normalized spacial score (nSPS) is 14.0. The fourth-order valence-electron chi connectivity index (χ4n) is 2.73. The Balaban J connectivity index is 1.91. The summed E-state index contributed by atoms with van der Waals surface area (Å²) in [6, 6.07) is 1.66. The molecule has 116 valence electrons. The monoisotopic (exact) mass is 300 g/mol. The van der Waals surface area contributed by atoms with Gasteiger partial charge < -0.3 is 4.90 Å². The summed E-state index contributed by atoms with van der Waals surface area (Å²) in [5, 5.41) is 12.9. The van der Waals surface area contributed by atoms with Crippen molar-refractivity contribution < 1.29 is 0 Å². The summed E-state index contributed by atoms with van der Waals surface area (Å²) in [6.07, 6.45) is 2.47. The lowest BCUT2D eigenvalue weighted by molar-refractivity contribution is 0.613. The van der Waals surface area contributed by atoms with Gasteiger partial charge in [0.15, 0.2) is 0 Å². The molecule has 0 spiro atoms. The van der Waals surface area contributed by atoms with Gasteiger partial charge >= 0.3 is 0 Å². The number of hydrogen-bond acceptors (Lipinski definition) is 6. The van der Waals surface area contributed by atoms with E-state index in [1.807, 2.05) is 0 Å². The van der Waals surface area contributed by atoms with E-state index in [1.54, 1.807) is 13.1 Å². The third kappa shape index (κ3) is 2.58. The van der Waals surface area contributed by atoms with Crippen molar-refractivity contribution in [3.8, 4) is 0 Å². The van der Waals surface area contributed by atoms with Crippen molar-refractivity contribution in [3.05, 3.63) is 39.1 Å². The van der Waals surface area contributed by atoms with Gasteiger partial charge in [0.2, 0.25) is 5.95 Å². The average Bonchev–Trinajstić information content (AvgIpc) is 2.55. The van der Waals surface area contributed by atoms with E-state index in [-0.39, 0.29) is 5.56 Å². The van der Waals surface area contributed by atoms with Crippen LogP contribution in [-0.2, 0) is 32.9 Å². The summed E-state index contributed by atoms with van der Waals surface area (Å²) in [5.74, 6) is 0.639. The van der Waals surface area contributed by atoms with Crippen molar-refractivity contribution in [2.45, 2.75) is 39.7 Å². The van der Waals surface area contributed by atoms with Crippen LogP contribution in [0.25, 0.3) is 0 Å². The average molecular weight is 300 g/mol. The molecule has 0 atom stereocenters. The molecule has 0 aromatic carbocycles. The molecule has 3 heterocycles. The Kier molecular flexibility index (Phi) is 3.87. The lowest BCUT2D eigenvalue weighted by Crippen LogP contribution is -2.35. The molecule has 1 aliphatic heterocycles. The number of hydrogen-bond donors (Lipinski definition) is 0. The van der Waals surface area contributed by atoms with Crippen LogP contribution in [-0.4, -0.2) is 31.5 Å². The second-order valence-corrected chi connectivity index (χ2v) is 5.46. The smallest absolute Gasteiger partial charge is 0.266 e. The zero-order valence-electron chi connectivity index (χ0n) is 13.2. The molecule has 0 radical (unpaired) electrons. The van der Waals surface area contributed by atoms with Gasteiger partial charge in [0.1, 0.15) is 0 Å². The molecule has 3 rings (SSSR count). The van der Waals surface area contributed by atoms with Crippen molar-refractivity contribution in [3.63, 3.8) is 0 Å². The van der Waals surface area contributed by atoms with Gasteiger partial charge in [-0.2, -0.15) is 10.2 Å². The van der Waals surface area contributed by atoms with Gasteiger partial charge in [-0.25, -0.2) is 9.67 Å². The first-order chi connectivity index (χ1) is 10.6. The minimum Gasteiger partial charge on any atom is -0.335 e. The molecule has 0 amide bonds. The number of fused-ring (bicyclic) bond motifs is 1. The fourth-order valence-corrected chi connectivity index (χ4v) is 2.73. The Morgan fingerprint density at radius 3 is 2.68 bits per heavy atom. The van der Waals surface area contributed by atoms with E-state index in [0.717, 1.165) is 48.5 Å². The van der Waals surface area contributed by atoms with Crippen LogP contribution in [0.4, 0.5) is 5.95 Å². The third-order valence-electron chi connectivity index (χ3n) is 4.02. The van der Waals surface area contributed by atoms with Gasteiger partial charge in [0.25, 0.3) is 5.56 Å². The van der Waals surface area contributed by atoms with Gasteiger partial charge in [-0.1, -0.05) is 13.8 Å². The highest BCUT2D eigenvalue weighted by molar-refractivity contribution is 5.37. The summed E-state index contributed by atoms with van der Waals surface area (Å²) >= 11 is 0. The van der Waals surface area contributed by atoms with Crippen LogP contribution in [0.2, 0.25) is 0 Å². The highest BCUT2D eigenvalue weighted by Crippen LogP contribution is 2.20. The molecule has 7 nitrogen and oxygen atoms in total. The minimum atomic E-state index is -0.0878. The fraction of sp³-hybridized carbons (Fsp3) is 0.533. The first-order valence-corrected chi connectivity index (χ1v) is 7.65. The summed E-state index contributed by atoms with van der Waals surface area (Å²) < 4.78 is 1.39. The van der Waals surface area contributed by atoms with Crippen LogP contribution in [0.15, 0.2) is 10.9 Å². The van der Waals surface area contributed by atoms with E-state index in [4.69, 9.17) is 0 Å². The van der Waals surface area contributed by atoms with Gasteiger partial charge in [-0.15, -0.1) is 5.10 Å². The van der Waals surface area contributed by atoms with E-state index < -0.39 is 0 Å². The summed E-state index contributed by atoms with van der Waals surface area (Å²) in [6.45, 7) is 5.53. The molecule has 2 aromatic heterocycles. The molecule has 0 bridgehead atoms. The molecule has 0 unspecified atom stereocenters. The van der Waals surface area contributed by atoms with Crippen LogP contribution in [0.5, 0.6) is 0 Å². The number of aromatic nitrogens is 5. The summed E-state index contributed by atoms with van der Waals surface area (Å²) in [5.41, 5.74) is 3.80. The van der Waals surface area contributed by atoms with Crippen LogP contribution in [0.3, 0.4) is 0 Å². The summed E-state index contributed by atoms with van der Waals surface area (Å²) in [4.78, 5) is 18.5. The molecule has 0 saturated carbocycles. The molecular weight excluding hydrogens is 280 g/mol. The van der Waals surface area contributed by atoms with Crippen molar-refractivity contribution in [1.29, 1.82) is 0 Å². The number of rotatable bonds is 3. The first kappa shape index (κ1) is 14.6. The second-order valence-electron chi connectivity index (χ2n) is 5.46. The topological polar surface area (TPSA) is 76.8 Å². The van der Waals surface area contributed by atoms with Gasteiger partial charge in [0, 0.05) is 38.2 Å². The predicted molar refractivity (Wildman–Crippen MR) is 82.8 cm³/mol. The Bertz CT molecular complexity index is 754. The van der Waals surface area contributed by atoms with Crippen LogP contribution >= 0.6 is 0 Å². The number of aryl methyl sites for hydroxylation is 3. The molecular formula is C15H20N6O. The van der Waals surface area contributed by atoms with Crippen molar-refractivity contribution >= 4 is 5.95 Å². The molecule has 0 fully saturated rings. The van der Waals surface area contributed by atoms with Crippen LogP contribution in [0, 0.1) is 0 Å². The van der Waals surface area contributed by atoms with Gasteiger partial charge in [-0.05, 0) is 12.8 Å². The SMILES string of the molecule is CCc1nnc(N2CCc3nn(C)c(=O)cc3C2)nc1CC. The van der Waals surface area contributed by atoms with E-state index in [0.29, 0.717) is 12.5 Å². The number of nitrogens with zero attached hydrogens (tertiary/aromatic N) is 6. The Morgan fingerprint density at radius 2 is 1.95 bits per heavy atom. The lowest BCUT2D eigenvalue weighted by Gasteiger charge is -2.28. The Morgan fingerprint density at radius 1 is 1.18 bits per heavy atom. The minimum absolute atomic E-state index is 0.0878. The van der Waals surface area contributed by atoms with Crippen LogP contribution in [0.1, 0.15) is 36.5 Å². The molecule has 1 aliphatic rings. The van der Waals surface area contributed by atoms with Gasteiger partial charge in [0.05, 0.1) is 17.1 Å². The Hall–Kier alpha value is -2.31. The highest BCUT2D eigenvalue weighted by Gasteiger charge is 2.21. The quantitative estimate of drug-likeness (QED) is 0.828. The maximum atomic E-state index is 11.8. The van der Waals surface area contributed by atoms with Gasteiger partial charge in [-0.3, -0.25) is 4.79 Å². The molecule has 2 aromatic rings. The molecule has 0 N–H and O–H groups in total. The molecule has 22 heavy (non-hydrogen) atoms. The van der Waals surface area contributed by atoms with E-state index >= 15 is 0 Å². The maximum Gasteiger partial charge on any atom is 0.266 e. The van der Waals surface area contributed by atoms with E-state index in [2.05, 4.69) is 39.0 Å². The second kappa shape index (κ2) is 5.82. The highest BCUT2D eigenvalue weighted by atomic mass is 16.1. The zero-order chi connectivity index (χ0) is 15.7. The zero-order valence-corrected chi connectivity index (χ0v) is 13.2. The lowest BCUT2D eigenvalue weighted by atomic mass is 10.1. The van der Waals surface area contributed by atoms with Crippen molar-refractivity contribution in [2.75, 3.05) is 11.4 Å². The summed E-state index contributed by atoms with van der Waals surface area (Å²) in [7, 11) is 1.68. The number of anilines is 1. The molecule has 7 heteroatoms.